The highest BCUT2D eigenvalue weighted by Crippen LogP contribution is 2.31. The maximum Gasteiger partial charge on any atom is 0.416 e. The molecule has 1 fully saturated rings. The Balaban J connectivity index is 1.37. The van der Waals surface area contributed by atoms with Crippen molar-refractivity contribution < 1.29 is 27.8 Å². The number of benzene rings is 2. The van der Waals surface area contributed by atoms with Gasteiger partial charge in [-0.05, 0) is 54.8 Å². The number of nitrogens with one attached hydrogen (secondary N) is 2. The summed E-state index contributed by atoms with van der Waals surface area (Å²) >= 11 is 0. The largest absolute Gasteiger partial charge is 0.493 e. The second-order valence-corrected chi connectivity index (χ2v) is 7.51. The van der Waals surface area contributed by atoms with Crippen molar-refractivity contribution in [2.24, 2.45) is 5.92 Å². The highest BCUT2D eigenvalue weighted by atomic mass is 19.4. The molecule has 4 rings (SSSR count). The molecule has 0 bridgehead atoms. The predicted octanol–water partition coefficient (Wildman–Crippen LogP) is 4.52. The van der Waals surface area contributed by atoms with E-state index in [0.717, 1.165) is 28.6 Å². The lowest BCUT2D eigenvalue weighted by Gasteiger charge is -2.29. The molecule has 0 unspecified atom stereocenters. The number of rotatable bonds is 6. The molecule has 1 saturated carbocycles. The van der Waals surface area contributed by atoms with Crippen molar-refractivity contribution >= 4 is 22.5 Å². The summed E-state index contributed by atoms with van der Waals surface area (Å²) in [5.74, 6) is 0.115. The molecule has 0 spiro atoms. The molecular formula is C22H21F3N2O3. The molecule has 1 heterocycles. The molecule has 1 aromatic heterocycles. The van der Waals surface area contributed by atoms with Crippen LogP contribution in [0.25, 0.3) is 10.9 Å². The summed E-state index contributed by atoms with van der Waals surface area (Å²) in [6, 6.07) is 10.4. The summed E-state index contributed by atoms with van der Waals surface area (Å²) in [6.07, 6.45) is -1.48. The predicted molar refractivity (Wildman–Crippen MR) is 106 cm³/mol. The van der Waals surface area contributed by atoms with Gasteiger partial charge in [0.15, 0.2) is 0 Å². The van der Waals surface area contributed by atoms with Crippen LogP contribution in [0.5, 0.6) is 5.75 Å². The minimum absolute atomic E-state index is 0.0998. The van der Waals surface area contributed by atoms with Crippen LogP contribution in [0.15, 0.2) is 48.7 Å². The molecule has 158 valence electrons. The van der Waals surface area contributed by atoms with E-state index in [4.69, 9.17) is 4.74 Å². The van der Waals surface area contributed by atoms with Crippen molar-refractivity contribution in [3.8, 4) is 5.75 Å². The van der Waals surface area contributed by atoms with E-state index in [9.17, 15) is 23.1 Å². The van der Waals surface area contributed by atoms with E-state index >= 15 is 0 Å². The first-order chi connectivity index (χ1) is 14.3. The number of halogens is 3. The Kier molecular flexibility index (Phi) is 5.42. The van der Waals surface area contributed by atoms with Crippen LogP contribution in [-0.4, -0.2) is 28.7 Å². The van der Waals surface area contributed by atoms with Gasteiger partial charge in [0.1, 0.15) is 5.75 Å². The van der Waals surface area contributed by atoms with E-state index in [-0.39, 0.29) is 17.9 Å². The number of hydrogen-bond donors (Lipinski definition) is 3. The Morgan fingerprint density at radius 3 is 2.57 bits per heavy atom. The summed E-state index contributed by atoms with van der Waals surface area (Å²) in [4.78, 5) is 15.4. The topological polar surface area (TPSA) is 74.4 Å². The van der Waals surface area contributed by atoms with Gasteiger partial charge in [0.2, 0.25) is 5.91 Å². The maximum atomic E-state index is 12.6. The second-order valence-electron chi connectivity index (χ2n) is 7.51. The number of carbonyl (C=O) groups is 1. The number of H-pyrrole nitrogens is 1. The van der Waals surface area contributed by atoms with E-state index < -0.39 is 11.7 Å². The summed E-state index contributed by atoms with van der Waals surface area (Å²) < 4.78 is 43.4. The lowest BCUT2D eigenvalue weighted by atomic mass is 9.82. The number of anilines is 1. The molecule has 1 amide bonds. The number of aliphatic hydroxyl groups excluding tert-OH is 1. The van der Waals surface area contributed by atoms with Gasteiger partial charge in [0.05, 0.1) is 24.0 Å². The molecule has 0 atom stereocenters. The van der Waals surface area contributed by atoms with Gasteiger partial charge in [-0.15, -0.1) is 0 Å². The standard InChI is InChI=1S/C22H21F3N2O3/c23-22(24,25)15-2-4-17(5-3-15)30-8-7-13-1-6-19-18(9-13)20(12-26-19)27-21(29)14-10-16(28)11-14/h1-6,9,12,14,16,26,28H,7-8,10-11H2,(H,27,29)/t14-,16+. The zero-order valence-corrected chi connectivity index (χ0v) is 16.0. The minimum Gasteiger partial charge on any atom is -0.493 e. The normalized spacial score (nSPS) is 18.8. The number of aromatic nitrogens is 1. The van der Waals surface area contributed by atoms with E-state index in [1.165, 1.54) is 12.1 Å². The summed E-state index contributed by atoms with van der Waals surface area (Å²) in [5.41, 5.74) is 1.83. The molecule has 8 heteroatoms. The third kappa shape index (κ3) is 4.43. The number of aliphatic hydroxyl groups is 1. The Hall–Kier alpha value is -3.00. The third-order valence-corrected chi connectivity index (χ3v) is 5.33. The van der Waals surface area contributed by atoms with Crippen LogP contribution in [0.3, 0.4) is 0 Å². The van der Waals surface area contributed by atoms with Gasteiger partial charge >= 0.3 is 6.18 Å². The molecular weight excluding hydrogens is 397 g/mol. The number of carbonyl (C=O) groups excluding carboxylic acids is 1. The molecule has 3 aromatic rings. The Bertz CT molecular complexity index is 1040. The van der Waals surface area contributed by atoms with Gasteiger partial charge in [-0.25, -0.2) is 0 Å². The number of fused-ring (bicyclic) bond motifs is 1. The summed E-state index contributed by atoms with van der Waals surface area (Å²) in [5, 5.41) is 13.1. The number of amides is 1. The van der Waals surface area contributed by atoms with Crippen LogP contribution in [0.2, 0.25) is 0 Å². The first kappa shape index (κ1) is 20.3. The van der Waals surface area contributed by atoms with E-state index in [1.807, 2.05) is 18.2 Å². The van der Waals surface area contributed by atoms with Gasteiger partial charge < -0.3 is 20.1 Å². The molecule has 1 aliphatic carbocycles. The van der Waals surface area contributed by atoms with Crippen LogP contribution < -0.4 is 10.1 Å². The second kappa shape index (κ2) is 8.02. The van der Waals surface area contributed by atoms with Gasteiger partial charge in [0, 0.05) is 29.4 Å². The van der Waals surface area contributed by atoms with Crippen molar-refractivity contribution in [1.82, 2.24) is 4.98 Å². The van der Waals surface area contributed by atoms with Crippen LogP contribution in [0.1, 0.15) is 24.0 Å². The zero-order valence-electron chi connectivity index (χ0n) is 16.0. The van der Waals surface area contributed by atoms with Gasteiger partial charge in [-0.1, -0.05) is 6.07 Å². The molecule has 2 aromatic carbocycles. The molecule has 0 saturated heterocycles. The lowest BCUT2D eigenvalue weighted by Crippen LogP contribution is -2.37. The van der Waals surface area contributed by atoms with Crippen molar-refractivity contribution in [2.45, 2.75) is 31.5 Å². The van der Waals surface area contributed by atoms with E-state index in [1.54, 1.807) is 6.20 Å². The quantitative estimate of drug-likeness (QED) is 0.551. The van der Waals surface area contributed by atoms with Crippen molar-refractivity contribution in [1.29, 1.82) is 0 Å². The maximum absolute atomic E-state index is 12.6. The van der Waals surface area contributed by atoms with Gasteiger partial charge in [-0.3, -0.25) is 4.79 Å². The third-order valence-electron chi connectivity index (χ3n) is 5.33. The number of hydrogen-bond acceptors (Lipinski definition) is 3. The molecule has 0 aliphatic heterocycles. The molecule has 0 radical (unpaired) electrons. The number of ether oxygens (including phenoxy) is 1. The van der Waals surface area contributed by atoms with Crippen molar-refractivity contribution in [2.75, 3.05) is 11.9 Å². The van der Waals surface area contributed by atoms with Gasteiger partial charge in [-0.2, -0.15) is 13.2 Å². The van der Waals surface area contributed by atoms with Crippen LogP contribution in [-0.2, 0) is 17.4 Å². The minimum atomic E-state index is -4.37. The average molecular weight is 418 g/mol. The Morgan fingerprint density at radius 2 is 1.90 bits per heavy atom. The lowest BCUT2D eigenvalue weighted by molar-refractivity contribution is -0.137. The highest BCUT2D eigenvalue weighted by Gasteiger charge is 2.33. The van der Waals surface area contributed by atoms with E-state index in [0.29, 0.717) is 37.3 Å². The summed E-state index contributed by atoms with van der Waals surface area (Å²) in [7, 11) is 0. The monoisotopic (exact) mass is 418 g/mol. The fourth-order valence-corrected chi connectivity index (χ4v) is 3.49. The Labute approximate surface area is 170 Å². The van der Waals surface area contributed by atoms with Crippen LogP contribution >= 0.6 is 0 Å². The fraction of sp³-hybridized carbons (Fsp3) is 0.318. The van der Waals surface area contributed by atoms with Crippen molar-refractivity contribution in [3.05, 3.63) is 59.8 Å². The molecule has 1 aliphatic rings. The van der Waals surface area contributed by atoms with Crippen molar-refractivity contribution in [3.63, 3.8) is 0 Å². The van der Waals surface area contributed by atoms with Gasteiger partial charge in [0.25, 0.3) is 0 Å². The fourth-order valence-electron chi connectivity index (χ4n) is 3.49. The zero-order chi connectivity index (χ0) is 21.3. The van der Waals surface area contributed by atoms with E-state index in [2.05, 4.69) is 10.3 Å². The average Bonchev–Trinajstić information content (AvgIpc) is 3.07. The Morgan fingerprint density at radius 1 is 1.17 bits per heavy atom. The first-order valence-electron chi connectivity index (χ1n) is 9.68. The van der Waals surface area contributed by atoms with Crippen LogP contribution in [0, 0.1) is 5.92 Å². The smallest absolute Gasteiger partial charge is 0.416 e. The summed E-state index contributed by atoms with van der Waals surface area (Å²) in [6.45, 7) is 0.308. The van der Waals surface area contributed by atoms with Crippen LogP contribution in [0.4, 0.5) is 18.9 Å². The number of alkyl halides is 3. The molecule has 30 heavy (non-hydrogen) atoms. The molecule has 3 N–H and O–H groups in total. The highest BCUT2D eigenvalue weighted by molar-refractivity contribution is 6.02. The first-order valence-corrected chi connectivity index (χ1v) is 9.68. The number of aromatic amines is 1. The molecule has 5 nitrogen and oxygen atoms in total. The SMILES string of the molecule is O=C(Nc1c[nH]c2ccc(CCOc3ccc(C(F)(F)F)cc3)cc12)[C@H]1C[C@@H](O)C1.